The first-order valence-electron chi connectivity index (χ1n) is 5.05. The molecule has 0 atom stereocenters. The Hall–Kier alpha value is -1.38. The minimum absolute atomic E-state index is 0.00806. The number of hydrogen-bond acceptors (Lipinski definition) is 2. The van der Waals surface area contributed by atoms with E-state index in [2.05, 4.69) is 0 Å². The number of carbonyl (C=O) groups is 1. The molecule has 0 bridgehead atoms. The number of ether oxygens (including phenoxy) is 1. The Balaban J connectivity index is 2.87. The third kappa shape index (κ3) is 3.05. The molecule has 0 spiro atoms. The number of ketones is 1. The highest BCUT2D eigenvalue weighted by Crippen LogP contribution is 2.21. The van der Waals surface area contributed by atoms with Crippen LogP contribution in [0.5, 0.6) is 5.75 Å². The summed E-state index contributed by atoms with van der Waals surface area (Å²) in [4.78, 5) is 11.7. The maximum absolute atomic E-state index is 12.9. The molecule has 2 nitrogen and oxygen atoms in total. The fraction of sp³-hybridized carbons (Fsp3) is 0.417. The van der Waals surface area contributed by atoms with Crippen LogP contribution in [0.1, 0.15) is 36.5 Å². The first-order chi connectivity index (χ1) is 7.19. The molecule has 82 valence electrons. The van der Waals surface area contributed by atoms with Gasteiger partial charge in [0.15, 0.2) is 5.78 Å². The number of benzene rings is 1. The molecule has 1 rings (SSSR count). The van der Waals surface area contributed by atoms with Gasteiger partial charge in [0.1, 0.15) is 11.6 Å². The second-order valence-electron chi connectivity index (χ2n) is 3.37. The third-order valence-electron chi connectivity index (χ3n) is 2.22. The maximum Gasteiger partial charge on any atom is 0.166 e. The number of rotatable bonds is 5. The summed E-state index contributed by atoms with van der Waals surface area (Å²) in [5.74, 6) is -0.0660. The SMILES string of the molecule is CCCCC(=O)c1ccc(F)cc1OC. The number of Topliss-reactive ketones (excluding diaryl/α,β-unsaturated/α-hetero) is 1. The Bertz CT molecular complexity index is 347. The fourth-order valence-electron chi connectivity index (χ4n) is 1.37. The van der Waals surface area contributed by atoms with Gasteiger partial charge in [0.25, 0.3) is 0 Å². The smallest absolute Gasteiger partial charge is 0.166 e. The van der Waals surface area contributed by atoms with Gasteiger partial charge >= 0.3 is 0 Å². The Morgan fingerprint density at radius 2 is 2.20 bits per heavy atom. The summed E-state index contributed by atoms with van der Waals surface area (Å²) >= 11 is 0. The normalized spacial score (nSPS) is 10.1. The van der Waals surface area contributed by atoms with Crippen LogP contribution in [0, 0.1) is 5.82 Å². The monoisotopic (exact) mass is 210 g/mol. The number of unbranched alkanes of at least 4 members (excludes halogenated alkanes) is 1. The minimum Gasteiger partial charge on any atom is -0.496 e. The van der Waals surface area contributed by atoms with Crippen molar-refractivity contribution in [2.75, 3.05) is 7.11 Å². The molecule has 0 unspecified atom stereocenters. The third-order valence-corrected chi connectivity index (χ3v) is 2.22. The summed E-state index contributed by atoms with van der Waals surface area (Å²) in [6.07, 6.45) is 2.30. The lowest BCUT2D eigenvalue weighted by molar-refractivity contribution is 0.0977. The van der Waals surface area contributed by atoms with Crippen molar-refractivity contribution in [1.82, 2.24) is 0 Å². The molecule has 0 heterocycles. The minimum atomic E-state index is -0.390. The summed E-state index contributed by atoms with van der Waals surface area (Å²) in [6, 6.07) is 3.99. The van der Waals surface area contributed by atoms with Gasteiger partial charge in [-0.25, -0.2) is 4.39 Å². The molecule has 0 N–H and O–H groups in total. The Morgan fingerprint density at radius 3 is 2.80 bits per heavy atom. The lowest BCUT2D eigenvalue weighted by atomic mass is 10.0. The molecule has 0 aliphatic rings. The van der Waals surface area contributed by atoms with Gasteiger partial charge < -0.3 is 4.74 Å². The van der Waals surface area contributed by atoms with Gasteiger partial charge in [-0.3, -0.25) is 4.79 Å². The second kappa shape index (κ2) is 5.49. The van der Waals surface area contributed by atoms with E-state index >= 15 is 0 Å². The van der Waals surface area contributed by atoms with E-state index in [1.165, 1.54) is 25.3 Å². The van der Waals surface area contributed by atoms with E-state index in [9.17, 15) is 9.18 Å². The zero-order chi connectivity index (χ0) is 11.3. The summed E-state index contributed by atoms with van der Waals surface area (Å²) in [5.41, 5.74) is 0.465. The van der Waals surface area contributed by atoms with E-state index in [-0.39, 0.29) is 11.6 Å². The van der Waals surface area contributed by atoms with Crippen LogP contribution in [-0.4, -0.2) is 12.9 Å². The van der Waals surface area contributed by atoms with Crippen molar-refractivity contribution in [2.24, 2.45) is 0 Å². The Morgan fingerprint density at radius 1 is 1.47 bits per heavy atom. The lowest BCUT2D eigenvalue weighted by Crippen LogP contribution is -2.02. The second-order valence-corrected chi connectivity index (χ2v) is 3.37. The molecule has 0 aliphatic heterocycles. The first kappa shape index (κ1) is 11.7. The van der Waals surface area contributed by atoms with Gasteiger partial charge in [-0.15, -0.1) is 0 Å². The molecule has 1 aromatic rings. The van der Waals surface area contributed by atoms with Crippen LogP contribution in [0.3, 0.4) is 0 Å². The van der Waals surface area contributed by atoms with Gasteiger partial charge in [-0.05, 0) is 18.6 Å². The van der Waals surface area contributed by atoms with Gasteiger partial charge in [0, 0.05) is 12.5 Å². The molecule has 1 aromatic carbocycles. The average molecular weight is 210 g/mol. The molecule has 0 saturated heterocycles. The van der Waals surface area contributed by atoms with Crippen molar-refractivity contribution in [1.29, 1.82) is 0 Å². The van der Waals surface area contributed by atoms with Gasteiger partial charge in [-0.2, -0.15) is 0 Å². The van der Waals surface area contributed by atoms with Crippen LogP contribution in [0.4, 0.5) is 4.39 Å². The Labute approximate surface area is 89.1 Å². The highest BCUT2D eigenvalue weighted by molar-refractivity contribution is 5.98. The van der Waals surface area contributed by atoms with Crippen molar-refractivity contribution in [3.05, 3.63) is 29.6 Å². The van der Waals surface area contributed by atoms with Crippen LogP contribution in [0.15, 0.2) is 18.2 Å². The topological polar surface area (TPSA) is 26.3 Å². The summed E-state index contributed by atoms with van der Waals surface area (Å²) in [6.45, 7) is 2.02. The predicted octanol–water partition coefficient (Wildman–Crippen LogP) is 3.21. The molecule has 15 heavy (non-hydrogen) atoms. The van der Waals surface area contributed by atoms with E-state index < -0.39 is 0 Å². The molecule has 0 aliphatic carbocycles. The molecular weight excluding hydrogens is 195 g/mol. The maximum atomic E-state index is 12.9. The van der Waals surface area contributed by atoms with E-state index in [4.69, 9.17) is 4.74 Å². The molecule has 0 radical (unpaired) electrons. The number of hydrogen-bond donors (Lipinski definition) is 0. The number of methoxy groups -OCH3 is 1. The summed E-state index contributed by atoms with van der Waals surface area (Å²) < 4.78 is 17.8. The predicted molar refractivity (Wildman–Crippen MR) is 56.8 cm³/mol. The van der Waals surface area contributed by atoms with E-state index in [1.54, 1.807) is 0 Å². The molecule has 3 heteroatoms. The van der Waals surface area contributed by atoms with Crippen LogP contribution >= 0.6 is 0 Å². The molecular formula is C12H15FO2. The van der Waals surface area contributed by atoms with Crippen LogP contribution < -0.4 is 4.74 Å². The van der Waals surface area contributed by atoms with Gasteiger partial charge in [0.2, 0.25) is 0 Å². The van der Waals surface area contributed by atoms with E-state index in [1.807, 2.05) is 6.92 Å². The van der Waals surface area contributed by atoms with Crippen LogP contribution in [-0.2, 0) is 0 Å². The molecule has 0 saturated carbocycles. The van der Waals surface area contributed by atoms with Crippen molar-refractivity contribution < 1.29 is 13.9 Å². The summed E-state index contributed by atoms with van der Waals surface area (Å²) in [5, 5.41) is 0. The first-order valence-corrected chi connectivity index (χ1v) is 5.05. The highest BCUT2D eigenvalue weighted by atomic mass is 19.1. The van der Waals surface area contributed by atoms with Crippen LogP contribution in [0.2, 0.25) is 0 Å². The van der Waals surface area contributed by atoms with Crippen molar-refractivity contribution in [3.8, 4) is 5.75 Å². The summed E-state index contributed by atoms with van der Waals surface area (Å²) in [7, 11) is 1.44. The molecule has 0 aromatic heterocycles. The quantitative estimate of drug-likeness (QED) is 0.697. The number of carbonyl (C=O) groups excluding carboxylic acids is 1. The Kier molecular flexibility index (Phi) is 4.28. The van der Waals surface area contributed by atoms with Gasteiger partial charge in [-0.1, -0.05) is 13.3 Å². The zero-order valence-electron chi connectivity index (χ0n) is 9.05. The standard InChI is InChI=1S/C12H15FO2/c1-3-4-5-11(14)10-7-6-9(13)8-12(10)15-2/h6-8H,3-5H2,1-2H3. The average Bonchev–Trinajstić information content (AvgIpc) is 2.25. The number of halogens is 1. The molecule has 0 amide bonds. The molecule has 0 fully saturated rings. The van der Waals surface area contributed by atoms with Crippen molar-refractivity contribution in [3.63, 3.8) is 0 Å². The fourth-order valence-corrected chi connectivity index (χ4v) is 1.37. The van der Waals surface area contributed by atoms with Crippen LogP contribution in [0.25, 0.3) is 0 Å². The van der Waals surface area contributed by atoms with Crippen molar-refractivity contribution in [2.45, 2.75) is 26.2 Å². The van der Waals surface area contributed by atoms with Crippen molar-refractivity contribution >= 4 is 5.78 Å². The van der Waals surface area contributed by atoms with Gasteiger partial charge in [0.05, 0.1) is 12.7 Å². The van der Waals surface area contributed by atoms with E-state index in [0.29, 0.717) is 17.7 Å². The zero-order valence-corrected chi connectivity index (χ0v) is 9.05. The largest absolute Gasteiger partial charge is 0.496 e. The highest BCUT2D eigenvalue weighted by Gasteiger charge is 2.12. The van der Waals surface area contributed by atoms with E-state index in [0.717, 1.165) is 12.8 Å². The lowest BCUT2D eigenvalue weighted by Gasteiger charge is -2.06.